The molecule has 2 aromatic carbocycles. The molecule has 1 amide bonds. The Morgan fingerprint density at radius 3 is 2.21 bits per heavy atom. The number of nitrogens with one attached hydrogen (secondary N) is 2. The van der Waals surface area contributed by atoms with E-state index in [1.54, 1.807) is 39.5 Å². The summed E-state index contributed by atoms with van der Waals surface area (Å²) in [5.74, 6) is 2.52. The van der Waals surface area contributed by atoms with E-state index in [1.165, 1.54) is 0 Å². The summed E-state index contributed by atoms with van der Waals surface area (Å²) in [6, 6.07) is 10.9. The quantitative estimate of drug-likeness (QED) is 0.636. The summed E-state index contributed by atoms with van der Waals surface area (Å²) in [7, 11) is 6.75. The summed E-state index contributed by atoms with van der Waals surface area (Å²) in [6.07, 6.45) is 0. The first-order chi connectivity index (χ1) is 13.9. The molecule has 0 aliphatic heterocycles. The van der Waals surface area contributed by atoms with Crippen molar-refractivity contribution in [3.8, 4) is 23.0 Å². The average molecular weight is 403 g/mol. The molecule has 1 unspecified atom stereocenters. The van der Waals surface area contributed by atoms with Gasteiger partial charge in [-0.05, 0) is 44.2 Å². The van der Waals surface area contributed by atoms with Crippen molar-refractivity contribution >= 4 is 11.6 Å². The molecule has 0 spiro atoms. The van der Waals surface area contributed by atoms with Crippen molar-refractivity contribution in [2.75, 3.05) is 40.3 Å². The van der Waals surface area contributed by atoms with Crippen LogP contribution >= 0.6 is 0 Å². The molecule has 0 fully saturated rings. The molecule has 29 heavy (non-hydrogen) atoms. The number of carbonyl (C=O) groups excluding carboxylic acids is 1. The molecule has 0 aromatic heterocycles. The fourth-order valence-electron chi connectivity index (χ4n) is 2.96. The fraction of sp³-hybridized carbons (Fsp3) is 0.409. The van der Waals surface area contributed by atoms with Crippen molar-refractivity contribution in [3.05, 3.63) is 42.0 Å². The lowest BCUT2D eigenvalue weighted by Crippen LogP contribution is -3.12. The molecule has 2 atom stereocenters. The lowest BCUT2D eigenvalue weighted by atomic mass is 10.1. The first-order valence-electron chi connectivity index (χ1n) is 9.58. The molecule has 0 saturated heterocycles. The van der Waals surface area contributed by atoms with Crippen LogP contribution in [0.4, 0.5) is 5.69 Å². The minimum Gasteiger partial charge on any atom is -0.493 e. The van der Waals surface area contributed by atoms with Crippen molar-refractivity contribution in [3.63, 3.8) is 0 Å². The average Bonchev–Trinajstić information content (AvgIpc) is 2.74. The Morgan fingerprint density at radius 2 is 1.59 bits per heavy atom. The third kappa shape index (κ3) is 5.77. The zero-order valence-corrected chi connectivity index (χ0v) is 18.0. The topological polar surface area (TPSA) is 70.5 Å². The van der Waals surface area contributed by atoms with Crippen molar-refractivity contribution in [1.82, 2.24) is 0 Å². The van der Waals surface area contributed by atoms with Crippen LogP contribution in [0.25, 0.3) is 0 Å². The Bertz CT molecular complexity index is 825. The van der Waals surface area contributed by atoms with Crippen LogP contribution in [-0.4, -0.2) is 46.9 Å². The van der Waals surface area contributed by atoms with Crippen molar-refractivity contribution < 1.29 is 28.6 Å². The summed E-state index contributed by atoms with van der Waals surface area (Å²) >= 11 is 0. The molecular formula is C22H31N2O5+. The van der Waals surface area contributed by atoms with Crippen LogP contribution in [0.3, 0.4) is 0 Å². The zero-order valence-electron chi connectivity index (χ0n) is 18.0. The number of ether oxygens (including phenoxy) is 4. The number of likely N-dealkylation sites (N-methyl/N-ethyl adjacent to an activating group) is 1. The van der Waals surface area contributed by atoms with E-state index in [0.717, 1.165) is 16.2 Å². The molecule has 158 valence electrons. The van der Waals surface area contributed by atoms with E-state index < -0.39 is 0 Å². The highest BCUT2D eigenvalue weighted by atomic mass is 16.5. The predicted octanol–water partition coefficient (Wildman–Crippen LogP) is 2.15. The molecule has 0 aliphatic carbocycles. The zero-order chi connectivity index (χ0) is 21.4. The van der Waals surface area contributed by atoms with Gasteiger partial charge in [0.2, 0.25) is 0 Å². The minimum absolute atomic E-state index is 0.0763. The summed E-state index contributed by atoms with van der Waals surface area (Å²) in [6.45, 7) is 5.08. The summed E-state index contributed by atoms with van der Waals surface area (Å²) < 4.78 is 21.5. The van der Waals surface area contributed by atoms with Gasteiger partial charge in [0.25, 0.3) is 5.91 Å². The molecule has 0 heterocycles. The monoisotopic (exact) mass is 403 g/mol. The maximum Gasteiger partial charge on any atom is 0.282 e. The van der Waals surface area contributed by atoms with E-state index in [2.05, 4.69) is 5.32 Å². The van der Waals surface area contributed by atoms with Crippen LogP contribution < -0.4 is 29.2 Å². The van der Waals surface area contributed by atoms with Crippen LogP contribution in [0.5, 0.6) is 23.0 Å². The fourth-order valence-corrected chi connectivity index (χ4v) is 2.96. The molecule has 2 aromatic rings. The molecule has 0 bridgehead atoms. The number of methoxy groups -OCH3 is 3. The third-order valence-electron chi connectivity index (χ3n) is 4.79. The molecule has 2 N–H and O–H groups in total. The third-order valence-corrected chi connectivity index (χ3v) is 4.79. The van der Waals surface area contributed by atoms with Crippen molar-refractivity contribution in [2.24, 2.45) is 0 Å². The maximum atomic E-state index is 12.7. The van der Waals surface area contributed by atoms with Crippen LogP contribution in [0.1, 0.15) is 19.4 Å². The van der Waals surface area contributed by atoms with E-state index >= 15 is 0 Å². The number of amides is 1. The van der Waals surface area contributed by atoms with E-state index in [-0.39, 0.29) is 11.9 Å². The van der Waals surface area contributed by atoms with Gasteiger partial charge in [-0.15, -0.1) is 0 Å². The Labute approximate surface area is 172 Å². The second-order valence-corrected chi connectivity index (χ2v) is 6.72. The highest BCUT2D eigenvalue weighted by Gasteiger charge is 2.23. The van der Waals surface area contributed by atoms with Gasteiger partial charge in [-0.1, -0.05) is 0 Å². The van der Waals surface area contributed by atoms with Crippen molar-refractivity contribution in [1.29, 1.82) is 0 Å². The Morgan fingerprint density at radius 1 is 0.966 bits per heavy atom. The SMILES string of the molecule is CCOc1ccc(C[NH+](C)[C@H](C)C(=O)Nc2ccc(OC)c(OC)c2)cc1OC. The van der Waals surface area contributed by atoms with Crippen LogP contribution in [0.2, 0.25) is 0 Å². The smallest absolute Gasteiger partial charge is 0.282 e. The molecule has 2 rings (SSSR count). The largest absolute Gasteiger partial charge is 0.493 e. The normalized spacial score (nSPS) is 12.6. The first-order valence-corrected chi connectivity index (χ1v) is 9.58. The minimum atomic E-state index is -0.263. The Kier molecular flexibility index (Phi) is 8.15. The van der Waals surface area contributed by atoms with Gasteiger partial charge in [0.15, 0.2) is 29.0 Å². The van der Waals surface area contributed by atoms with Gasteiger partial charge in [0.1, 0.15) is 6.54 Å². The second-order valence-electron chi connectivity index (χ2n) is 6.72. The number of carbonyl (C=O) groups is 1. The number of benzene rings is 2. The number of rotatable bonds is 10. The van der Waals surface area contributed by atoms with Gasteiger partial charge < -0.3 is 29.2 Å². The standard InChI is InChI=1S/C22H30N2O5/c1-7-29-19-10-8-16(12-20(19)27-5)14-24(3)15(2)22(25)23-17-9-11-18(26-4)21(13-17)28-6/h8-13,15H,7,14H2,1-6H3,(H,23,25)/p+1/t15-/m1/s1. The summed E-state index contributed by atoms with van der Waals surface area (Å²) in [5.41, 5.74) is 1.73. The maximum absolute atomic E-state index is 12.7. The van der Waals surface area contributed by atoms with Gasteiger partial charge in [-0.3, -0.25) is 4.79 Å². The number of hydrogen-bond donors (Lipinski definition) is 2. The molecule has 0 saturated carbocycles. The molecule has 0 radical (unpaired) electrons. The van der Waals surface area contributed by atoms with E-state index in [4.69, 9.17) is 18.9 Å². The van der Waals surface area contributed by atoms with Crippen LogP contribution in [-0.2, 0) is 11.3 Å². The second kappa shape index (κ2) is 10.6. The molecule has 7 heteroatoms. The van der Waals surface area contributed by atoms with Crippen LogP contribution in [0, 0.1) is 0 Å². The van der Waals surface area contributed by atoms with Crippen molar-refractivity contribution in [2.45, 2.75) is 26.4 Å². The van der Waals surface area contributed by atoms with E-state index in [9.17, 15) is 4.79 Å². The highest BCUT2D eigenvalue weighted by molar-refractivity contribution is 5.93. The molecule has 0 aliphatic rings. The molecular weight excluding hydrogens is 372 g/mol. The van der Waals surface area contributed by atoms with E-state index in [1.807, 2.05) is 39.1 Å². The number of quaternary nitrogens is 1. The summed E-state index contributed by atoms with van der Waals surface area (Å²) in [4.78, 5) is 13.8. The first kappa shape index (κ1) is 22.4. The number of anilines is 1. The van der Waals surface area contributed by atoms with Crippen LogP contribution in [0.15, 0.2) is 36.4 Å². The van der Waals surface area contributed by atoms with Gasteiger partial charge in [-0.2, -0.15) is 0 Å². The Balaban J connectivity index is 2.04. The van der Waals surface area contributed by atoms with Gasteiger partial charge in [0.05, 0.1) is 35.0 Å². The van der Waals surface area contributed by atoms with Gasteiger partial charge >= 0.3 is 0 Å². The van der Waals surface area contributed by atoms with Gasteiger partial charge in [0, 0.05) is 17.3 Å². The number of hydrogen-bond acceptors (Lipinski definition) is 5. The lowest BCUT2D eigenvalue weighted by molar-refractivity contribution is -0.907. The highest BCUT2D eigenvalue weighted by Crippen LogP contribution is 2.30. The summed E-state index contributed by atoms with van der Waals surface area (Å²) in [5, 5.41) is 2.94. The van der Waals surface area contributed by atoms with E-state index in [0.29, 0.717) is 36.1 Å². The van der Waals surface area contributed by atoms with Gasteiger partial charge in [-0.25, -0.2) is 0 Å². The molecule has 7 nitrogen and oxygen atoms in total. The lowest BCUT2D eigenvalue weighted by Gasteiger charge is -2.22. The predicted molar refractivity (Wildman–Crippen MR) is 112 cm³/mol. The Hall–Kier alpha value is -2.93.